The minimum atomic E-state index is -0.440. The van der Waals surface area contributed by atoms with Crippen LogP contribution >= 0.6 is 12.4 Å². The lowest BCUT2D eigenvalue weighted by atomic mass is 9.81. The van der Waals surface area contributed by atoms with Crippen LogP contribution in [0.15, 0.2) is 24.3 Å². The van der Waals surface area contributed by atoms with E-state index in [0.29, 0.717) is 13.1 Å². The minimum Gasteiger partial charge on any atom is -0.494 e. The van der Waals surface area contributed by atoms with Gasteiger partial charge in [-0.25, -0.2) is 0 Å². The highest BCUT2D eigenvalue weighted by molar-refractivity contribution is 5.85. The highest BCUT2D eigenvalue weighted by Gasteiger charge is 2.32. The molecule has 0 aliphatic heterocycles. The fraction of sp³-hybridized carbons (Fsp3) is 0.588. The van der Waals surface area contributed by atoms with Crippen LogP contribution in [-0.4, -0.2) is 19.1 Å². The van der Waals surface area contributed by atoms with Gasteiger partial charge >= 0.3 is 0 Å². The molecule has 0 aliphatic rings. The second-order valence-corrected chi connectivity index (χ2v) is 5.37. The van der Waals surface area contributed by atoms with Gasteiger partial charge in [-0.05, 0) is 37.0 Å². The summed E-state index contributed by atoms with van der Waals surface area (Å²) < 4.78 is 5.54. The molecule has 1 aromatic carbocycles. The molecule has 1 aromatic rings. The van der Waals surface area contributed by atoms with Gasteiger partial charge in [-0.1, -0.05) is 32.9 Å². The largest absolute Gasteiger partial charge is 0.494 e. The van der Waals surface area contributed by atoms with Gasteiger partial charge in [-0.3, -0.25) is 4.79 Å². The summed E-state index contributed by atoms with van der Waals surface area (Å²) in [4.78, 5) is 12.3. The van der Waals surface area contributed by atoms with E-state index in [0.717, 1.165) is 37.2 Å². The van der Waals surface area contributed by atoms with E-state index < -0.39 is 5.41 Å². The number of carbonyl (C=O) groups excluding carboxylic acids is 1. The van der Waals surface area contributed by atoms with E-state index in [-0.39, 0.29) is 18.3 Å². The van der Waals surface area contributed by atoms with Crippen molar-refractivity contribution in [3.8, 4) is 5.75 Å². The fourth-order valence-electron chi connectivity index (χ4n) is 2.25. The van der Waals surface area contributed by atoms with Gasteiger partial charge in [0.15, 0.2) is 0 Å². The molecular formula is C17H29ClN2O2. The summed E-state index contributed by atoms with van der Waals surface area (Å²) >= 11 is 0. The van der Waals surface area contributed by atoms with E-state index in [9.17, 15) is 4.79 Å². The van der Waals surface area contributed by atoms with Gasteiger partial charge in [-0.15, -0.1) is 12.4 Å². The average Bonchev–Trinajstić information content (AvgIpc) is 2.54. The third-order valence-electron chi connectivity index (χ3n) is 4.08. The van der Waals surface area contributed by atoms with E-state index in [1.54, 1.807) is 0 Å². The number of benzene rings is 1. The molecule has 0 heterocycles. The molecule has 3 N–H and O–H groups in total. The molecule has 1 rings (SSSR count). The fourth-order valence-corrected chi connectivity index (χ4v) is 2.25. The summed E-state index contributed by atoms with van der Waals surface area (Å²) in [5.74, 6) is 0.909. The molecule has 0 radical (unpaired) electrons. The van der Waals surface area contributed by atoms with Crippen LogP contribution in [-0.2, 0) is 11.3 Å². The molecule has 0 atom stereocenters. The van der Waals surface area contributed by atoms with Crippen molar-refractivity contribution in [1.82, 2.24) is 5.32 Å². The Balaban J connectivity index is 0.00000441. The molecular weight excluding hydrogens is 300 g/mol. The van der Waals surface area contributed by atoms with Gasteiger partial charge in [0.25, 0.3) is 0 Å². The first-order chi connectivity index (χ1) is 10.1. The summed E-state index contributed by atoms with van der Waals surface area (Å²) in [5, 5.41) is 3.00. The zero-order valence-electron chi connectivity index (χ0n) is 13.9. The molecule has 0 saturated heterocycles. The molecule has 0 aliphatic carbocycles. The van der Waals surface area contributed by atoms with Gasteiger partial charge in [0.2, 0.25) is 5.91 Å². The SMILES string of the molecule is CCCOc1ccc(CNC(=O)C(CC)(CC)CN)cc1.Cl. The van der Waals surface area contributed by atoms with Crippen LogP contribution in [0.2, 0.25) is 0 Å². The highest BCUT2D eigenvalue weighted by atomic mass is 35.5. The lowest BCUT2D eigenvalue weighted by Crippen LogP contribution is -2.45. The maximum atomic E-state index is 12.3. The van der Waals surface area contributed by atoms with E-state index >= 15 is 0 Å². The smallest absolute Gasteiger partial charge is 0.227 e. The van der Waals surface area contributed by atoms with Crippen molar-refractivity contribution in [3.63, 3.8) is 0 Å². The number of hydrogen-bond acceptors (Lipinski definition) is 3. The third-order valence-corrected chi connectivity index (χ3v) is 4.08. The molecule has 5 heteroatoms. The molecule has 1 amide bonds. The average molecular weight is 329 g/mol. The van der Waals surface area contributed by atoms with Crippen LogP contribution in [0, 0.1) is 5.41 Å². The Morgan fingerprint density at radius 2 is 1.77 bits per heavy atom. The van der Waals surface area contributed by atoms with Crippen LogP contribution in [0.25, 0.3) is 0 Å². The number of hydrogen-bond donors (Lipinski definition) is 2. The number of halogens is 1. The molecule has 0 aromatic heterocycles. The second-order valence-electron chi connectivity index (χ2n) is 5.37. The molecule has 126 valence electrons. The topological polar surface area (TPSA) is 64.3 Å². The van der Waals surface area contributed by atoms with Crippen LogP contribution < -0.4 is 15.8 Å². The van der Waals surface area contributed by atoms with Crippen LogP contribution in [0.4, 0.5) is 0 Å². The number of amides is 1. The number of carbonyl (C=O) groups is 1. The van der Waals surface area contributed by atoms with Crippen molar-refractivity contribution in [1.29, 1.82) is 0 Å². The Labute approximate surface area is 140 Å². The van der Waals surface area contributed by atoms with E-state index in [2.05, 4.69) is 12.2 Å². The monoisotopic (exact) mass is 328 g/mol. The molecule has 0 spiro atoms. The van der Waals surface area contributed by atoms with Gasteiger partial charge in [0.05, 0.1) is 12.0 Å². The summed E-state index contributed by atoms with van der Waals surface area (Å²) in [7, 11) is 0. The Bertz CT molecular complexity index is 423. The van der Waals surface area contributed by atoms with Crippen molar-refractivity contribution in [3.05, 3.63) is 29.8 Å². The molecule has 0 saturated carbocycles. The van der Waals surface area contributed by atoms with Gasteiger partial charge in [-0.2, -0.15) is 0 Å². The highest BCUT2D eigenvalue weighted by Crippen LogP contribution is 2.25. The molecule has 22 heavy (non-hydrogen) atoms. The van der Waals surface area contributed by atoms with Crippen molar-refractivity contribution in [2.45, 2.75) is 46.6 Å². The number of rotatable bonds is 9. The summed E-state index contributed by atoms with van der Waals surface area (Å²) in [6.45, 7) is 7.73. The lowest BCUT2D eigenvalue weighted by molar-refractivity contribution is -0.131. The first kappa shape index (κ1) is 20.7. The standard InChI is InChI=1S/C17H28N2O2.ClH/c1-4-11-21-15-9-7-14(8-10-15)12-19-16(20)17(5-2,6-3)13-18;/h7-10H,4-6,11-13,18H2,1-3H3,(H,19,20);1H. The lowest BCUT2D eigenvalue weighted by Gasteiger charge is -2.28. The molecule has 0 bridgehead atoms. The Kier molecular flexibility index (Phi) is 9.86. The zero-order chi connectivity index (χ0) is 15.7. The quantitative estimate of drug-likeness (QED) is 0.731. The van der Waals surface area contributed by atoms with Crippen molar-refractivity contribution < 1.29 is 9.53 Å². The van der Waals surface area contributed by atoms with Gasteiger partial charge in [0, 0.05) is 13.1 Å². The minimum absolute atomic E-state index is 0. The van der Waals surface area contributed by atoms with E-state index in [1.165, 1.54) is 0 Å². The van der Waals surface area contributed by atoms with Crippen molar-refractivity contribution in [2.75, 3.05) is 13.2 Å². The number of nitrogens with one attached hydrogen (secondary N) is 1. The second kappa shape index (κ2) is 10.5. The summed E-state index contributed by atoms with van der Waals surface area (Å²) in [6.07, 6.45) is 2.51. The van der Waals surface area contributed by atoms with Crippen molar-refractivity contribution in [2.24, 2.45) is 11.1 Å². The predicted octanol–water partition coefficient (Wildman–Crippen LogP) is 3.28. The normalized spacial score (nSPS) is 10.7. The first-order valence-corrected chi connectivity index (χ1v) is 7.82. The molecule has 0 unspecified atom stereocenters. The maximum Gasteiger partial charge on any atom is 0.227 e. The molecule has 4 nitrogen and oxygen atoms in total. The van der Waals surface area contributed by atoms with Gasteiger partial charge in [0.1, 0.15) is 5.75 Å². The Morgan fingerprint density at radius 3 is 2.23 bits per heavy atom. The zero-order valence-corrected chi connectivity index (χ0v) is 14.7. The van der Waals surface area contributed by atoms with E-state index in [1.807, 2.05) is 38.1 Å². The Morgan fingerprint density at radius 1 is 1.18 bits per heavy atom. The van der Waals surface area contributed by atoms with Crippen molar-refractivity contribution >= 4 is 18.3 Å². The Hall–Kier alpha value is -1.26. The molecule has 0 fully saturated rings. The number of ether oxygens (including phenoxy) is 1. The van der Waals surface area contributed by atoms with E-state index in [4.69, 9.17) is 10.5 Å². The van der Waals surface area contributed by atoms with Crippen LogP contribution in [0.5, 0.6) is 5.75 Å². The third kappa shape index (κ3) is 5.50. The van der Waals surface area contributed by atoms with Gasteiger partial charge < -0.3 is 15.8 Å². The summed E-state index contributed by atoms with van der Waals surface area (Å²) in [5.41, 5.74) is 6.41. The predicted molar refractivity (Wildman–Crippen MR) is 93.4 cm³/mol. The number of nitrogens with two attached hydrogens (primary N) is 1. The van der Waals surface area contributed by atoms with Crippen LogP contribution in [0.1, 0.15) is 45.6 Å². The first-order valence-electron chi connectivity index (χ1n) is 7.82. The maximum absolute atomic E-state index is 12.3. The van der Waals surface area contributed by atoms with Crippen LogP contribution in [0.3, 0.4) is 0 Å². The summed E-state index contributed by atoms with van der Waals surface area (Å²) in [6, 6.07) is 7.83.